The number of nitrogens with zero attached hydrogens (tertiary/aromatic N) is 1. The highest BCUT2D eigenvalue weighted by Crippen LogP contribution is 2.51. The SMILES string of the molecule is CC(=O)c1ccc(N2C(=O)C3C(c4cc(C)c(O)c(C)c4)NC(Cc4ccccc4)(C(=O)O)C3C2=O)cc1. The maximum absolute atomic E-state index is 14.0. The fraction of sp³-hybridized carbons (Fsp3) is 0.267. The number of aromatic hydroxyl groups is 1. The number of aryl methyl sites for hydroxylation is 2. The van der Waals surface area contributed by atoms with Crippen LogP contribution < -0.4 is 10.2 Å². The number of Topliss-reactive ketones (excluding diaryl/α,β-unsaturated/α-hetero) is 1. The van der Waals surface area contributed by atoms with Crippen LogP contribution in [0.2, 0.25) is 0 Å². The van der Waals surface area contributed by atoms with Gasteiger partial charge in [-0.15, -0.1) is 0 Å². The Kier molecular flexibility index (Phi) is 6.15. The highest BCUT2D eigenvalue weighted by molar-refractivity contribution is 6.24. The van der Waals surface area contributed by atoms with Gasteiger partial charge < -0.3 is 10.2 Å². The van der Waals surface area contributed by atoms with E-state index in [0.29, 0.717) is 27.8 Å². The number of fused-ring (bicyclic) bond motifs is 1. The van der Waals surface area contributed by atoms with E-state index in [4.69, 9.17) is 0 Å². The number of aliphatic carboxylic acids is 1. The van der Waals surface area contributed by atoms with Crippen molar-refractivity contribution in [3.63, 3.8) is 0 Å². The average Bonchev–Trinajstić information content (AvgIpc) is 3.37. The van der Waals surface area contributed by atoms with Crippen LogP contribution in [-0.4, -0.2) is 39.3 Å². The molecular weight excluding hydrogens is 484 g/mol. The van der Waals surface area contributed by atoms with Crippen molar-refractivity contribution in [3.05, 3.63) is 94.5 Å². The zero-order valence-corrected chi connectivity index (χ0v) is 21.3. The topological polar surface area (TPSA) is 124 Å². The van der Waals surface area contributed by atoms with E-state index in [0.717, 1.165) is 4.90 Å². The summed E-state index contributed by atoms with van der Waals surface area (Å²) >= 11 is 0. The Morgan fingerprint density at radius 3 is 2.11 bits per heavy atom. The Bertz CT molecular complexity index is 1440. The largest absolute Gasteiger partial charge is 0.507 e. The molecule has 4 unspecified atom stereocenters. The molecule has 2 saturated heterocycles. The number of phenolic OH excluding ortho intramolecular Hbond substituents is 1. The average molecular weight is 513 g/mol. The van der Waals surface area contributed by atoms with E-state index in [1.165, 1.54) is 19.1 Å². The molecule has 2 heterocycles. The van der Waals surface area contributed by atoms with Crippen LogP contribution in [0.15, 0.2) is 66.7 Å². The van der Waals surface area contributed by atoms with E-state index in [2.05, 4.69) is 5.32 Å². The lowest BCUT2D eigenvalue weighted by atomic mass is 9.76. The lowest BCUT2D eigenvalue weighted by molar-refractivity contribution is -0.148. The molecule has 4 atom stereocenters. The number of carboxylic acid groups (broad SMARTS) is 1. The maximum Gasteiger partial charge on any atom is 0.325 e. The minimum Gasteiger partial charge on any atom is -0.507 e. The molecule has 3 aromatic carbocycles. The Balaban J connectivity index is 1.66. The third kappa shape index (κ3) is 3.88. The zero-order valence-electron chi connectivity index (χ0n) is 21.3. The molecule has 3 aromatic rings. The fourth-order valence-electron chi connectivity index (χ4n) is 5.91. The Morgan fingerprint density at radius 1 is 0.947 bits per heavy atom. The number of carbonyl (C=O) groups excluding carboxylic acids is 3. The molecule has 0 spiro atoms. The molecule has 3 N–H and O–H groups in total. The number of hydrogen-bond donors (Lipinski definition) is 3. The van der Waals surface area contributed by atoms with Gasteiger partial charge in [-0.3, -0.25) is 24.5 Å². The number of carboxylic acids is 1. The summed E-state index contributed by atoms with van der Waals surface area (Å²) in [5.41, 5.74) is 1.48. The third-order valence-electron chi connectivity index (χ3n) is 7.77. The highest BCUT2D eigenvalue weighted by atomic mass is 16.4. The first kappa shape index (κ1) is 25.4. The molecule has 2 fully saturated rings. The number of nitrogens with one attached hydrogen (secondary N) is 1. The predicted molar refractivity (Wildman–Crippen MR) is 140 cm³/mol. The molecule has 0 aromatic heterocycles. The van der Waals surface area contributed by atoms with E-state index in [1.807, 2.05) is 6.07 Å². The predicted octanol–water partition coefficient (Wildman–Crippen LogP) is 3.73. The van der Waals surface area contributed by atoms with Crippen molar-refractivity contribution < 1.29 is 29.4 Å². The van der Waals surface area contributed by atoms with Gasteiger partial charge in [0.15, 0.2) is 5.78 Å². The van der Waals surface area contributed by atoms with E-state index in [1.54, 1.807) is 62.4 Å². The summed E-state index contributed by atoms with van der Waals surface area (Å²) < 4.78 is 0. The molecule has 2 aliphatic rings. The summed E-state index contributed by atoms with van der Waals surface area (Å²) in [5, 5.41) is 24.2. The van der Waals surface area contributed by atoms with Crippen LogP contribution in [0.25, 0.3) is 0 Å². The molecule has 0 radical (unpaired) electrons. The second kappa shape index (κ2) is 9.22. The van der Waals surface area contributed by atoms with Gasteiger partial charge in [0, 0.05) is 18.0 Å². The third-order valence-corrected chi connectivity index (χ3v) is 7.77. The van der Waals surface area contributed by atoms with Crippen molar-refractivity contribution >= 4 is 29.3 Å². The molecular formula is C30H28N2O6. The van der Waals surface area contributed by atoms with Crippen molar-refractivity contribution in [2.75, 3.05) is 4.90 Å². The number of hydrogen-bond acceptors (Lipinski definition) is 6. The molecule has 5 rings (SSSR count). The summed E-state index contributed by atoms with van der Waals surface area (Å²) in [4.78, 5) is 53.8. The van der Waals surface area contributed by atoms with Crippen LogP contribution in [0.5, 0.6) is 5.75 Å². The smallest absolute Gasteiger partial charge is 0.325 e. The molecule has 2 amide bonds. The lowest BCUT2D eigenvalue weighted by Gasteiger charge is -2.31. The molecule has 2 aliphatic heterocycles. The second-order valence-corrected chi connectivity index (χ2v) is 10.2. The number of benzene rings is 3. The minimum atomic E-state index is -1.75. The van der Waals surface area contributed by atoms with Crippen LogP contribution in [0.3, 0.4) is 0 Å². The van der Waals surface area contributed by atoms with Gasteiger partial charge in [-0.25, -0.2) is 4.90 Å². The normalized spacial score (nSPS) is 24.5. The maximum atomic E-state index is 14.0. The van der Waals surface area contributed by atoms with Gasteiger partial charge in [0.05, 0.1) is 17.5 Å². The van der Waals surface area contributed by atoms with Gasteiger partial charge >= 0.3 is 5.97 Å². The quantitative estimate of drug-likeness (QED) is 0.340. The lowest BCUT2D eigenvalue weighted by Crippen LogP contribution is -2.57. The van der Waals surface area contributed by atoms with E-state index < -0.39 is 41.2 Å². The second-order valence-electron chi connectivity index (χ2n) is 10.2. The summed E-state index contributed by atoms with van der Waals surface area (Å²) in [6.07, 6.45) is -0.00692. The molecule has 0 bridgehead atoms. The monoisotopic (exact) mass is 512 g/mol. The molecule has 0 aliphatic carbocycles. The zero-order chi connectivity index (χ0) is 27.4. The molecule has 38 heavy (non-hydrogen) atoms. The van der Waals surface area contributed by atoms with Crippen LogP contribution >= 0.6 is 0 Å². The molecule has 0 saturated carbocycles. The number of anilines is 1. The van der Waals surface area contributed by atoms with Gasteiger partial charge in [0.1, 0.15) is 11.3 Å². The van der Waals surface area contributed by atoms with Crippen molar-refractivity contribution in [2.45, 2.75) is 38.8 Å². The first-order chi connectivity index (χ1) is 18.0. The van der Waals surface area contributed by atoms with Gasteiger partial charge in [-0.1, -0.05) is 42.5 Å². The number of amides is 2. The van der Waals surface area contributed by atoms with Crippen molar-refractivity contribution in [1.82, 2.24) is 5.32 Å². The Labute approximate surface area is 219 Å². The van der Waals surface area contributed by atoms with E-state index >= 15 is 0 Å². The first-order valence-corrected chi connectivity index (χ1v) is 12.4. The van der Waals surface area contributed by atoms with Crippen molar-refractivity contribution in [2.24, 2.45) is 11.8 Å². The van der Waals surface area contributed by atoms with Crippen LogP contribution in [-0.2, 0) is 20.8 Å². The summed E-state index contributed by atoms with van der Waals surface area (Å²) in [6.45, 7) is 4.89. The standard InChI is InChI=1S/C30H28N2O6/c1-16-13-21(14-17(2)26(16)34)25-23-24(30(31-25,29(37)38)15-19-7-5-4-6-8-19)28(36)32(27(23)35)22-11-9-20(10-12-22)18(3)33/h4-14,23-25,31,34H,15H2,1-3H3,(H,37,38). The van der Waals surface area contributed by atoms with Crippen LogP contribution in [0.4, 0.5) is 5.69 Å². The number of rotatable bonds is 6. The van der Waals surface area contributed by atoms with Gasteiger partial charge in [0.2, 0.25) is 11.8 Å². The van der Waals surface area contributed by atoms with E-state index in [-0.39, 0.29) is 23.6 Å². The molecule has 8 nitrogen and oxygen atoms in total. The summed E-state index contributed by atoms with van der Waals surface area (Å²) in [6, 6.07) is 17.8. The van der Waals surface area contributed by atoms with Crippen LogP contribution in [0, 0.1) is 25.7 Å². The number of ketones is 1. The van der Waals surface area contributed by atoms with Gasteiger partial charge in [-0.05, 0) is 67.3 Å². The van der Waals surface area contributed by atoms with Gasteiger partial charge in [-0.2, -0.15) is 0 Å². The Hall–Kier alpha value is -4.30. The number of carbonyl (C=O) groups is 4. The van der Waals surface area contributed by atoms with E-state index in [9.17, 15) is 29.4 Å². The molecule has 194 valence electrons. The Morgan fingerprint density at radius 2 is 1.55 bits per heavy atom. The highest BCUT2D eigenvalue weighted by Gasteiger charge is 2.68. The summed E-state index contributed by atoms with van der Waals surface area (Å²) in [7, 11) is 0. The van der Waals surface area contributed by atoms with Crippen molar-refractivity contribution in [3.8, 4) is 5.75 Å². The molecule has 8 heteroatoms. The fourth-order valence-corrected chi connectivity index (χ4v) is 5.91. The summed E-state index contributed by atoms with van der Waals surface area (Å²) in [5.74, 6) is -4.52. The van der Waals surface area contributed by atoms with Crippen LogP contribution in [0.1, 0.15) is 45.6 Å². The first-order valence-electron chi connectivity index (χ1n) is 12.4. The number of phenols is 1. The van der Waals surface area contributed by atoms with Crippen molar-refractivity contribution in [1.29, 1.82) is 0 Å². The number of imide groups is 1. The minimum absolute atomic E-state index is 0.00692. The van der Waals surface area contributed by atoms with Gasteiger partial charge in [0.25, 0.3) is 0 Å².